The quantitative estimate of drug-likeness (QED) is 0.200. The summed E-state index contributed by atoms with van der Waals surface area (Å²) < 4.78 is 71.8. The largest absolute Gasteiger partial charge is 0.443 e. The molecular weight excluding hydrogens is 547 g/mol. The molecule has 1 atom stereocenters. The summed E-state index contributed by atoms with van der Waals surface area (Å²) in [6, 6.07) is 20.6. The van der Waals surface area contributed by atoms with Gasteiger partial charge >= 0.3 is 6.18 Å². The zero-order chi connectivity index (χ0) is 27.6. The van der Waals surface area contributed by atoms with Crippen LogP contribution in [0.5, 0.6) is 0 Å². The minimum Gasteiger partial charge on any atom is -0.443 e. The number of rotatable bonds is 9. The highest BCUT2D eigenvalue weighted by atomic mass is 32.2. The Kier molecular flexibility index (Phi) is 7.89. The van der Waals surface area contributed by atoms with Crippen LogP contribution in [0.15, 0.2) is 93.3 Å². The molecule has 1 aliphatic heterocycles. The smallest absolute Gasteiger partial charge is 0.416 e. The third-order valence-corrected chi connectivity index (χ3v) is 9.63. The van der Waals surface area contributed by atoms with E-state index in [1.807, 2.05) is 24.3 Å². The van der Waals surface area contributed by atoms with E-state index in [1.165, 1.54) is 34.3 Å². The van der Waals surface area contributed by atoms with Crippen LogP contribution >= 0.6 is 11.8 Å². The average molecular weight is 574 g/mol. The molecule has 0 radical (unpaired) electrons. The maximum atomic E-state index is 13.3. The van der Waals surface area contributed by atoms with Gasteiger partial charge in [0.25, 0.3) is 10.0 Å². The van der Waals surface area contributed by atoms with Crippen molar-refractivity contribution in [2.45, 2.75) is 53.6 Å². The lowest BCUT2D eigenvalue weighted by atomic mass is 10.0. The van der Waals surface area contributed by atoms with Gasteiger partial charge in [-0.2, -0.15) is 17.5 Å². The molecule has 0 N–H and O–H groups in total. The molecule has 1 aromatic heterocycles. The maximum Gasteiger partial charge on any atom is 0.416 e. The lowest BCUT2D eigenvalue weighted by molar-refractivity contribution is -0.137. The number of thioether (sulfide) groups is 1. The molecule has 5 nitrogen and oxygen atoms in total. The van der Waals surface area contributed by atoms with Gasteiger partial charge in [0.05, 0.1) is 11.6 Å². The molecule has 1 saturated heterocycles. The minimum absolute atomic E-state index is 0.128. The summed E-state index contributed by atoms with van der Waals surface area (Å²) >= 11 is 1.43. The summed E-state index contributed by atoms with van der Waals surface area (Å²) in [4.78, 5) is 13.9. The number of furan rings is 1. The Morgan fingerprint density at radius 3 is 2.46 bits per heavy atom. The number of ketones is 1. The van der Waals surface area contributed by atoms with Crippen molar-refractivity contribution in [2.24, 2.45) is 0 Å². The zero-order valence-electron chi connectivity index (χ0n) is 20.9. The minimum atomic E-state index is -4.36. The zero-order valence-corrected chi connectivity index (χ0v) is 22.5. The third kappa shape index (κ3) is 6.23. The molecule has 0 aliphatic carbocycles. The van der Waals surface area contributed by atoms with Crippen LogP contribution in [0.4, 0.5) is 13.2 Å². The molecule has 0 saturated carbocycles. The number of Topliss-reactive ketones (excluding diaryl/α,β-unsaturated/α-hetero) is 1. The molecular formula is C29H26F3NO4S2. The average Bonchev–Trinajstić information content (AvgIpc) is 3.59. The van der Waals surface area contributed by atoms with Gasteiger partial charge in [0, 0.05) is 35.1 Å². The number of hydrogen-bond acceptors (Lipinski definition) is 5. The van der Waals surface area contributed by atoms with Crippen molar-refractivity contribution in [2.75, 3.05) is 6.54 Å². The van der Waals surface area contributed by atoms with Crippen LogP contribution in [0.25, 0.3) is 11.0 Å². The van der Waals surface area contributed by atoms with Gasteiger partial charge in [-0.15, -0.1) is 11.8 Å². The van der Waals surface area contributed by atoms with Crippen LogP contribution in [-0.4, -0.2) is 31.1 Å². The van der Waals surface area contributed by atoms with Gasteiger partial charge in [-0.05, 0) is 60.7 Å². The van der Waals surface area contributed by atoms with Crippen LogP contribution in [0, 0.1) is 0 Å². The third-order valence-electron chi connectivity index (χ3n) is 6.78. The molecule has 10 heteroatoms. The number of carbonyl (C=O) groups excluding carboxylic acids is 1. The predicted molar refractivity (Wildman–Crippen MR) is 144 cm³/mol. The molecule has 1 fully saturated rings. The molecule has 39 heavy (non-hydrogen) atoms. The fourth-order valence-electron chi connectivity index (χ4n) is 4.77. The standard InChI is InChI=1S/C29H26F3NO4S2/c30-29(31,32)23-11-13-24(14-12-23)38-19-21-6-3-5-20(17-21)10-15-26(34)25-8-4-16-33(25)39(35,36)28-18-22-7-1-2-9-27(22)37-28/h1-3,5-7,9,11-14,17-18,25H,4,8,10,15-16,19H2/t25-/m0/s1. The molecule has 2 heterocycles. The van der Waals surface area contributed by atoms with Crippen LogP contribution in [0.2, 0.25) is 0 Å². The Morgan fingerprint density at radius 2 is 1.72 bits per heavy atom. The van der Waals surface area contributed by atoms with Crippen LogP contribution in [0.1, 0.15) is 36.0 Å². The summed E-state index contributed by atoms with van der Waals surface area (Å²) in [7, 11) is -3.95. The highest BCUT2D eigenvalue weighted by molar-refractivity contribution is 7.98. The lowest BCUT2D eigenvalue weighted by Gasteiger charge is -2.21. The molecule has 3 aromatic carbocycles. The topological polar surface area (TPSA) is 67.6 Å². The van der Waals surface area contributed by atoms with Crippen molar-refractivity contribution in [1.29, 1.82) is 0 Å². The van der Waals surface area contributed by atoms with Crippen molar-refractivity contribution in [3.63, 3.8) is 0 Å². The first-order valence-corrected chi connectivity index (χ1v) is 14.9. The number of nitrogens with zero attached hydrogens (tertiary/aromatic N) is 1. The molecule has 0 spiro atoms. The number of carbonyl (C=O) groups is 1. The van der Waals surface area contributed by atoms with Crippen molar-refractivity contribution < 1.29 is 30.8 Å². The Bertz CT molecular complexity index is 1550. The molecule has 204 valence electrons. The van der Waals surface area contributed by atoms with Gasteiger partial charge in [0.1, 0.15) is 5.58 Å². The van der Waals surface area contributed by atoms with E-state index in [-0.39, 0.29) is 23.8 Å². The number of fused-ring (bicyclic) bond motifs is 1. The number of hydrogen-bond donors (Lipinski definition) is 0. The molecule has 4 aromatic rings. The van der Waals surface area contributed by atoms with E-state index in [9.17, 15) is 26.4 Å². The molecule has 0 unspecified atom stereocenters. The molecule has 5 rings (SSSR count). The van der Waals surface area contributed by atoms with Crippen LogP contribution in [0.3, 0.4) is 0 Å². The summed E-state index contributed by atoms with van der Waals surface area (Å²) in [5.74, 6) is 0.441. The highest BCUT2D eigenvalue weighted by Crippen LogP contribution is 2.33. The number of halogens is 3. The second-order valence-electron chi connectivity index (χ2n) is 9.47. The number of benzene rings is 3. The monoisotopic (exact) mass is 573 g/mol. The van der Waals surface area contributed by atoms with Gasteiger partial charge in [0.2, 0.25) is 5.09 Å². The van der Waals surface area contributed by atoms with Gasteiger partial charge in [-0.25, -0.2) is 8.42 Å². The fourth-order valence-corrected chi connectivity index (χ4v) is 7.24. The van der Waals surface area contributed by atoms with Gasteiger partial charge < -0.3 is 4.42 Å². The Morgan fingerprint density at radius 1 is 0.974 bits per heavy atom. The highest BCUT2D eigenvalue weighted by Gasteiger charge is 2.40. The van der Waals surface area contributed by atoms with E-state index in [4.69, 9.17) is 4.42 Å². The Balaban J connectivity index is 1.20. The number of alkyl halides is 3. The fraction of sp³-hybridized carbons (Fsp3) is 0.276. The molecule has 0 amide bonds. The summed E-state index contributed by atoms with van der Waals surface area (Å²) in [5, 5.41) is 0.538. The number of sulfonamides is 1. The van der Waals surface area contributed by atoms with E-state index in [2.05, 4.69) is 0 Å². The van der Waals surface area contributed by atoms with Crippen LogP contribution < -0.4 is 0 Å². The number of para-hydroxylation sites is 1. The SMILES string of the molecule is O=C(CCc1cccc(CSc2ccc(C(F)(F)F)cc2)c1)[C@@H]1CCCN1S(=O)(=O)c1cc2ccccc2o1. The lowest BCUT2D eigenvalue weighted by Crippen LogP contribution is -2.40. The first kappa shape index (κ1) is 27.5. The Labute approximate surface area is 229 Å². The summed E-state index contributed by atoms with van der Waals surface area (Å²) in [6.07, 6.45) is -2.62. The van der Waals surface area contributed by atoms with E-state index in [0.29, 0.717) is 36.0 Å². The van der Waals surface area contributed by atoms with E-state index in [1.54, 1.807) is 24.3 Å². The van der Waals surface area contributed by atoms with Crippen molar-refractivity contribution in [3.8, 4) is 0 Å². The summed E-state index contributed by atoms with van der Waals surface area (Å²) in [6.45, 7) is 0.270. The second kappa shape index (κ2) is 11.2. The normalized spacial score (nSPS) is 16.6. The van der Waals surface area contributed by atoms with Crippen molar-refractivity contribution in [1.82, 2.24) is 4.31 Å². The maximum absolute atomic E-state index is 13.3. The van der Waals surface area contributed by atoms with Gasteiger partial charge in [-0.1, -0.05) is 42.5 Å². The van der Waals surface area contributed by atoms with E-state index < -0.39 is 27.8 Å². The van der Waals surface area contributed by atoms with Gasteiger partial charge in [-0.3, -0.25) is 4.79 Å². The molecule has 1 aliphatic rings. The first-order chi connectivity index (χ1) is 18.6. The van der Waals surface area contributed by atoms with Gasteiger partial charge in [0.15, 0.2) is 5.78 Å². The second-order valence-corrected chi connectivity index (χ2v) is 12.3. The van der Waals surface area contributed by atoms with Crippen molar-refractivity contribution >= 4 is 38.5 Å². The van der Waals surface area contributed by atoms with E-state index in [0.717, 1.165) is 28.2 Å². The number of aryl methyl sites for hydroxylation is 1. The Hall–Kier alpha value is -3.08. The molecule has 0 bridgehead atoms. The summed E-state index contributed by atoms with van der Waals surface area (Å²) in [5.41, 5.74) is 1.73. The predicted octanol–water partition coefficient (Wildman–Crippen LogP) is 7.10. The first-order valence-electron chi connectivity index (χ1n) is 12.5. The van der Waals surface area contributed by atoms with Crippen LogP contribution in [-0.2, 0) is 33.2 Å². The van der Waals surface area contributed by atoms with E-state index >= 15 is 0 Å². The van der Waals surface area contributed by atoms with Crippen molar-refractivity contribution in [3.05, 3.63) is 95.6 Å².